The van der Waals surface area contributed by atoms with Crippen molar-refractivity contribution in [2.75, 3.05) is 6.61 Å². The molecule has 0 spiro atoms. The van der Waals surface area contributed by atoms with E-state index >= 15 is 0 Å². The summed E-state index contributed by atoms with van der Waals surface area (Å²) in [6, 6.07) is 0. The molecule has 0 radical (unpaired) electrons. The molecule has 1 aliphatic rings. The smallest absolute Gasteiger partial charge is 0.319 e. The minimum Gasteiger partial charge on any atom is -0.547 e. The first-order valence-electron chi connectivity index (χ1n) is 7.91. The molecule has 120 valence electrons. The van der Waals surface area contributed by atoms with Crippen LogP contribution >= 0.6 is 0 Å². The normalized spacial score (nSPS) is 21.7. The Bertz CT molecular complexity index is 428. The molecule has 0 heterocycles. The quantitative estimate of drug-likeness (QED) is 0.384. The molecule has 1 aliphatic carbocycles. The zero-order chi connectivity index (χ0) is 16.1. The Labute approximate surface area is 130 Å². The lowest BCUT2D eigenvalue weighted by molar-refractivity contribution is -0.154. The summed E-state index contributed by atoms with van der Waals surface area (Å²) in [6.07, 6.45) is 7.64. The number of esters is 1. The summed E-state index contributed by atoms with van der Waals surface area (Å²) in [7, 11) is -1.73. The van der Waals surface area contributed by atoms with E-state index in [9.17, 15) is 4.79 Å². The Morgan fingerprint density at radius 3 is 2.57 bits per heavy atom. The molecule has 1 atom stereocenters. The predicted molar refractivity (Wildman–Crippen MR) is 89.5 cm³/mol. The van der Waals surface area contributed by atoms with E-state index in [0.717, 1.165) is 31.4 Å². The van der Waals surface area contributed by atoms with Gasteiger partial charge in [0.05, 0.1) is 12.4 Å². The fraction of sp³-hybridized carbons (Fsp3) is 0.706. The van der Waals surface area contributed by atoms with Gasteiger partial charge in [0.1, 0.15) is 5.41 Å². The summed E-state index contributed by atoms with van der Waals surface area (Å²) in [4.78, 5) is 12.6. The molecule has 0 saturated carbocycles. The van der Waals surface area contributed by atoms with E-state index in [1.54, 1.807) is 0 Å². The van der Waals surface area contributed by atoms with E-state index < -0.39 is 13.7 Å². The molecular formula is C17H30O3Si. The van der Waals surface area contributed by atoms with Gasteiger partial charge in [0, 0.05) is 0 Å². The third-order valence-corrected chi connectivity index (χ3v) is 4.41. The Balaban J connectivity index is 2.98. The lowest BCUT2D eigenvalue weighted by atomic mass is 9.81. The van der Waals surface area contributed by atoms with Gasteiger partial charge in [0.2, 0.25) is 8.32 Å². The van der Waals surface area contributed by atoms with Crippen molar-refractivity contribution in [3.63, 3.8) is 0 Å². The second-order valence-corrected chi connectivity index (χ2v) is 11.4. The topological polar surface area (TPSA) is 35.5 Å². The molecule has 21 heavy (non-hydrogen) atoms. The summed E-state index contributed by atoms with van der Waals surface area (Å²) in [5.74, 6) is 0.747. The molecule has 1 rings (SSSR count). The number of allylic oxidation sites excluding steroid dienone is 3. The van der Waals surface area contributed by atoms with Crippen LogP contribution < -0.4 is 0 Å². The van der Waals surface area contributed by atoms with Crippen molar-refractivity contribution in [2.45, 2.75) is 66.1 Å². The van der Waals surface area contributed by atoms with Gasteiger partial charge in [-0.05, 0) is 72.2 Å². The number of carbonyl (C=O) groups is 1. The van der Waals surface area contributed by atoms with Gasteiger partial charge in [-0.3, -0.25) is 4.79 Å². The Hall–Kier alpha value is -1.03. The maximum atomic E-state index is 12.6. The summed E-state index contributed by atoms with van der Waals surface area (Å²) in [5, 5.41) is 0. The number of hydrogen-bond donors (Lipinski definition) is 0. The molecular weight excluding hydrogens is 280 g/mol. The largest absolute Gasteiger partial charge is 0.547 e. The highest BCUT2D eigenvalue weighted by Gasteiger charge is 2.47. The van der Waals surface area contributed by atoms with Crippen LogP contribution in [0.2, 0.25) is 19.6 Å². The molecule has 0 aliphatic heterocycles. The molecule has 0 aromatic carbocycles. The highest BCUT2D eigenvalue weighted by Crippen LogP contribution is 2.46. The number of hydrogen-bond acceptors (Lipinski definition) is 3. The summed E-state index contributed by atoms with van der Waals surface area (Å²) in [6.45, 7) is 12.9. The average molecular weight is 311 g/mol. The van der Waals surface area contributed by atoms with E-state index in [1.807, 2.05) is 6.92 Å². The van der Waals surface area contributed by atoms with Crippen LogP contribution in [0.3, 0.4) is 0 Å². The molecule has 0 aromatic heterocycles. The Morgan fingerprint density at radius 1 is 1.38 bits per heavy atom. The zero-order valence-electron chi connectivity index (χ0n) is 14.4. The van der Waals surface area contributed by atoms with Crippen molar-refractivity contribution in [1.82, 2.24) is 0 Å². The van der Waals surface area contributed by atoms with Crippen molar-refractivity contribution in [2.24, 2.45) is 5.41 Å². The van der Waals surface area contributed by atoms with Gasteiger partial charge in [-0.2, -0.15) is 0 Å². The van der Waals surface area contributed by atoms with Crippen LogP contribution in [-0.2, 0) is 14.0 Å². The van der Waals surface area contributed by atoms with Crippen LogP contribution in [0.25, 0.3) is 0 Å². The van der Waals surface area contributed by atoms with Gasteiger partial charge in [0.25, 0.3) is 0 Å². The molecule has 0 N–H and O–H groups in total. The van der Waals surface area contributed by atoms with Crippen LogP contribution in [-0.4, -0.2) is 20.9 Å². The Kier molecular flexibility index (Phi) is 6.26. The van der Waals surface area contributed by atoms with Crippen LogP contribution in [0.4, 0.5) is 0 Å². The fourth-order valence-corrected chi connectivity index (χ4v) is 3.61. The predicted octanol–water partition coefficient (Wildman–Crippen LogP) is 4.81. The summed E-state index contributed by atoms with van der Waals surface area (Å²) >= 11 is 0. The molecule has 0 saturated heterocycles. The fourth-order valence-electron chi connectivity index (χ4n) is 2.67. The van der Waals surface area contributed by atoms with Gasteiger partial charge in [-0.1, -0.05) is 11.6 Å². The maximum Gasteiger partial charge on any atom is 0.319 e. The van der Waals surface area contributed by atoms with Gasteiger partial charge in [-0.25, -0.2) is 0 Å². The SMILES string of the molecule is CCOC(=O)C1(CCC=C(C)C)CCC=C1O[Si](C)(C)C. The van der Waals surface area contributed by atoms with Gasteiger partial charge in [0.15, 0.2) is 0 Å². The second-order valence-electron chi connectivity index (χ2n) is 6.94. The monoisotopic (exact) mass is 310 g/mol. The van der Waals surface area contributed by atoms with Crippen molar-refractivity contribution in [3.8, 4) is 0 Å². The summed E-state index contributed by atoms with van der Waals surface area (Å²) in [5.41, 5.74) is 0.714. The van der Waals surface area contributed by atoms with Gasteiger partial charge < -0.3 is 9.16 Å². The van der Waals surface area contributed by atoms with Crippen LogP contribution in [0, 0.1) is 5.41 Å². The van der Waals surface area contributed by atoms with Crippen LogP contribution in [0.1, 0.15) is 46.5 Å². The zero-order valence-corrected chi connectivity index (χ0v) is 15.4. The van der Waals surface area contributed by atoms with Crippen molar-refractivity contribution in [1.29, 1.82) is 0 Å². The van der Waals surface area contributed by atoms with E-state index in [-0.39, 0.29) is 5.97 Å². The average Bonchev–Trinajstić information content (AvgIpc) is 2.71. The third-order valence-electron chi connectivity index (χ3n) is 3.58. The first-order valence-corrected chi connectivity index (χ1v) is 11.3. The minimum atomic E-state index is -1.73. The number of carbonyl (C=O) groups excluding carboxylic acids is 1. The first-order chi connectivity index (χ1) is 9.71. The third kappa shape index (κ3) is 5.02. The van der Waals surface area contributed by atoms with E-state index in [1.165, 1.54) is 5.57 Å². The lowest BCUT2D eigenvalue weighted by Gasteiger charge is -2.33. The second kappa shape index (κ2) is 7.30. The number of ether oxygens (including phenoxy) is 1. The summed E-state index contributed by atoms with van der Waals surface area (Å²) < 4.78 is 11.6. The first kappa shape index (κ1) is 18.0. The molecule has 0 aromatic rings. The van der Waals surface area contributed by atoms with Gasteiger partial charge in [-0.15, -0.1) is 0 Å². The van der Waals surface area contributed by atoms with E-state index in [4.69, 9.17) is 9.16 Å². The standard InChI is InChI=1S/C17H30O3Si/c1-7-19-16(18)17(12-8-10-14(2)3)13-9-11-15(17)20-21(4,5)6/h10-11H,7-9,12-13H2,1-6H3. The number of rotatable bonds is 7. The van der Waals surface area contributed by atoms with E-state index in [0.29, 0.717) is 6.61 Å². The molecule has 0 amide bonds. The lowest BCUT2D eigenvalue weighted by Crippen LogP contribution is -2.38. The van der Waals surface area contributed by atoms with Crippen molar-refractivity contribution < 1.29 is 14.0 Å². The van der Waals surface area contributed by atoms with Gasteiger partial charge >= 0.3 is 5.97 Å². The molecule has 0 fully saturated rings. The minimum absolute atomic E-state index is 0.117. The molecule has 3 nitrogen and oxygen atoms in total. The Morgan fingerprint density at radius 2 is 2.05 bits per heavy atom. The highest BCUT2D eigenvalue weighted by atomic mass is 28.4. The maximum absolute atomic E-state index is 12.6. The van der Waals surface area contributed by atoms with Crippen LogP contribution in [0.15, 0.2) is 23.5 Å². The van der Waals surface area contributed by atoms with Crippen molar-refractivity contribution >= 4 is 14.3 Å². The molecule has 1 unspecified atom stereocenters. The van der Waals surface area contributed by atoms with E-state index in [2.05, 4.69) is 45.6 Å². The molecule has 4 heteroatoms. The molecule has 0 bridgehead atoms. The van der Waals surface area contributed by atoms with Crippen LogP contribution in [0.5, 0.6) is 0 Å². The highest BCUT2D eigenvalue weighted by molar-refractivity contribution is 6.70. The van der Waals surface area contributed by atoms with Crippen molar-refractivity contribution in [3.05, 3.63) is 23.5 Å².